The molecule has 2 N–H and O–H groups in total. The van der Waals surface area contributed by atoms with E-state index in [1.165, 1.54) is 0 Å². The molecule has 0 saturated heterocycles. The molecule has 0 aliphatic rings. The molecule has 1 unspecified atom stereocenters. The number of aliphatic carboxylic acids is 1. The average Bonchev–Trinajstić information content (AvgIpc) is 3.01. The number of rotatable bonds is 15. The highest BCUT2D eigenvalue weighted by Gasteiger charge is 2.10. The summed E-state index contributed by atoms with van der Waals surface area (Å²) in [5, 5.41) is 18.2. The normalized spacial score (nSPS) is 11.7. The maximum atomic E-state index is 11.2. The van der Waals surface area contributed by atoms with Gasteiger partial charge in [-0.25, -0.2) is 4.79 Å². The Bertz CT molecular complexity index is 1470. The van der Waals surface area contributed by atoms with Gasteiger partial charge in [0, 0.05) is 12.0 Å². The van der Waals surface area contributed by atoms with E-state index in [1.807, 2.05) is 60.7 Å². The number of carboxylic acid groups (broad SMARTS) is 2. The third-order valence-corrected chi connectivity index (χ3v) is 7.15. The van der Waals surface area contributed by atoms with Crippen molar-refractivity contribution in [2.24, 2.45) is 5.92 Å². The van der Waals surface area contributed by atoms with Gasteiger partial charge in [-0.1, -0.05) is 85.3 Å². The molecule has 6 nitrogen and oxygen atoms in total. The number of ether oxygens (including phenoxy) is 2. The summed E-state index contributed by atoms with van der Waals surface area (Å²) in [6.45, 7) is 0.433. The number of hydrogen-bond donors (Lipinski definition) is 2. The minimum absolute atomic E-state index is 0.154. The van der Waals surface area contributed by atoms with Gasteiger partial charge in [0.1, 0.15) is 18.1 Å². The van der Waals surface area contributed by atoms with Crippen molar-refractivity contribution >= 4 is 18.0 Å². The Kier molecular flexibility index (Phi) is 10.9. The standard InChI is InChI=1S/C36H36O6/c1-41-33-22-20-30(21-23-33)29-15-13-28(14-16-29)25-42-34-8-4-3-7-31(34)17-10-26(6-2-5-9-35(37)38)24-27-11-18-32(19-12-27)36(39)40/h3-4,7-8,10-23,26H,2,5-6,9,24-25H2,1H3,(H,37,38)(H,39,40)/b17-10+. The number of methoxy groups -OCH3 is 1. The first-order chi connectivity index (χ1) is 20.4. The molecular weight excluding hydrogens is 528 g/mol. The third-order valence-electron chi connectivity index (χ3n) is 7.15. The van der Waals surface area contributed by atoms with Crippen molar-refractivity contribution in [2.75, 3.05) is 7.11 Å². The molecule has 216 valence electrons. The fraction of sp³-hybridized carbons (Fsp3) is 0.222. The summed E-state index contributed by atoms with van der Waals surface area (Å²) in [7, 11) is 1.66. The Morgan fingerprint density at radius 2 is 1.43 bits per heavy atom. The summed E-state index contributed by atoms with van der Waals surface area (Å²) in [6, 6.07) is 31.1. The van der Waals surface area contributed by atoms with Crippen molar-refractivity contribution in [3.8, 4) is 22.6 Å². The van der Waals surface area contributed by atoms with E-state index in [4.69, 9.17) is 14.6 Å². The fourth-order valence-electron chi connectivity index (χ4n) is 4.76. The first-order valence-electron chi connectivity index (χ1n) is 14.1. The molecule has 0 aromatic heterocycles. The van der Waals surface area contributed by atoms with E-state index in [0.29, 0.717) is 13.0 Å². The third kappa shape index (κ3) is 9.10. The summed E-state index contributed by atoms with van der Waals surface area (Å²) in [5.74, 6) is 0.0380. The number of benzene rings is 4. The predicted octanol–water partition coefficient (Wildman–Crippen LogP) is 8.16. The van der Waals surface area contributed by atoms with E-state index >= 15 is 0 Å². The van der Waals surface area contributed by atoms with Crippen LogP contribution in [0, 0.1) is 5.92 Å². The lowest BCUT2D eigenvalue weighted by Gasteiger charge is -2.14. The van der Waals surface area contributed by atoms with Gasteiger partial charge in [0.15, 0.2) is 0 Å². The van der Waals surface area contributed by atoms with Gasteiger partial charge in [-0.2, -0.15) is 0 Å². The molecule has 0 amide bonds. The second-order valence-electron chi connectivity index (χ2n) is 10.2. The summed E-state index contributed by atoms with van der Waals surface area (Å²) in [6.07, 6.45) is 7.34. The lowest BCUT2D eigenvalue weighted by molar-refractivity contribution is -0.137. The van der Waals surface area contributed by atoms with Crippen LogP contribution in [0.3, 0.4) is 0 Å². The molecule has 0 spiro atoms. The van der Waals surface area contributed by atoms with Crippen molar-refractivity contribution in [1.29, 1.82) is 0 Å². The van der Waals surface area contributed by atoms with Gasteiger partial charge in [-0.05, 0) is 77.8 Å². The molecular formula is C36H36O6. The summed E-state index contributed by atoms with van der Waals surface area (Å²) >= 11 is 0. The molecule has 0 aliphatic heterocycles. The van der Waals surface area contributed by atoms with Crippen LogP contribution in [-0.4, -0.2) is 29.3 Å². The van der Waals surface area contributed by atoms with Crippen molar-refractivity contribution in [2.45, 2.75) is 38.7 Å². The summed E-state index contributed by atoms with van der Waals surface area (Å²) < 4.78 is 11.5. The van der Waals surface area contributed by atoms with Crippen LogP contribution in [0.2, 0.25) is 0 Å². The van der Waals surface area contributed by atoms with Crippen LogP contribution in [0.25, 0.3) is 17.2 Å². The van der Waals surface area contributed by atoms with Crippen LogP contribution < -0.4 is 9.47 Å². The molecule has 0 bridgehead atoms. The highest BCUT2D eigenvalue weighted by Crippen LogP contribution is 2.26. The van der Waals surface area contributed by atoms with E-state index in [1.54, 1.807) is 19.2 Å². The molecule has 6 heteroatoms. The average molecular weight is 565 g/mol. The first-order valence-corrected chi connectivity index (χ1v) is 14.1. The molecule has 4 aromatic rings. The monoisotopic (exact) mass is 564 g/mol. The lowest BCUT2D eigenvalue weighted by Crippen LogP contribution is -2.04. The quantitative estimate of drug-likeness (QED) is 0.142. The number of para-hydroxylation sites is 1. The molecule has 0 fully saturated rings. The Labute approximate surface area is 246 Å². The van der Waals surface area contributed by atoms with Gasteiger partial charge >= 0.3 is 11.9 Å². The van der Waals surface area contributed by atoms with E-state index < -0.39 is 11.9 Å². The van der Waals surface area contributed by atoms with Crippen molar-refractivity contribution in [3.63, 3.8) is 0 Å². The van der Waals surface area contributed by atoms with Crippen molar-refractivity contribution in [3.05, 3.63) is 125 Å². The second-order valence-corrected chi connectivity index (χ2v) is 10.2. The molecule has 4 rings (SSSR count). The van der Waals surface area contributed by atoms with Crippen LogP contribution in [-0.2, 0) is 17.8 Å². The highest BCUT2D eigenvalue weighted by molar-refractivity contribution is 5.87. The Morgan fingerprint density at radius 3 is 2.07 bits per heavy atom. The van der Waals surface area contributed by atoms with E-state index in [9.17, 15) is 14.7 Å². The predicted molar refractivity (Wildman–Crippen MR) is 165 cm³/mol. The SMILES string of the molecule is COc1ccc(-c2ccc(COc3ccccc3/C=C/C(CCCCC(=O)O)Cc3ccc(C(=O)O)cc3)cc2)cc1. The minimum Gasteiger partial charge on any atom is -0.497 e. The molecule has 1 atom stereocenters. The molecule has 0 aliphatic carbocycles. The van der Waals surface area contributed by atoms with Gasteiger partial charge in [-0.3, -0.25) is 4.79 Å². The molecule has 0 heterocycles. The fourth-order valence-corrected chi connectivity index (χ4v) is 4.76. The smallest absolute Gasteiger partial charge is 0.335 e. The van der Waals surface area contributed by atoms with Gasteiger partial charge < -0.3 is 19.7 Å². The van der Waals surface area contributed by atoms with E-state index in [2.05, 4.69) is 36.4 Å². The Morgan fingerprint density at radius 1 is 0.786 bits per heavy atom. The highest BCUT2D eigenvalue weighted by atomic mass is 16.5. The van der Waals surface area contributed by atoms with E-state index in [0.717, 1.165) is 58.6 Å². The van der Waals surface area contributed by atoms with Crippen LogP contribution in [0.5, 0.6) is 11.5 Å². The number of carbonyl (C=O) groups is 2. The minimum atomic E-state index is -0.948. The van der Waals surface area contributed by atoms with Crippen LogP contribution in [0.4, 0.5) is 0 Å². The van der Waals surface area contributed by atoms with Gasteiger partial charge in [0.2, 0.25) is 0 Å². The number of aromatic carboxylic acids is 1. The van der Waals surface area contributed by atoms with Crippen LogP contribution in [0.15, 0.2) is 103 Å². The topological polar surface area (TPSA) is 93.1 Å². The molecule has 0 radical (unpaired) electrons. The van der Waals surface area contributed by atoms with Crippen molar-refractivity contribution in [1.82, 2.24) is 0 Å². The lowest BCUT2D eigenvalue weighted by atomic mass is 9.92. The van der Waals surface area contributed by atoms with E-state index in [-0.39, 0.29) is 17.9 Å². The first kappa shape index (κ1) is 30.1. The van der Waals surface area contributed by atoms with Crippen LogP contribution in [0.1, 0.15) is 52.7 Å². The number of hydrogen-bond acceptors (Lipinski definition) is 4. The summed E-state index contributed by atoms with van der Waals surface area (Å²) in [4.78, 5) is 22.2. The van der Waals surface area contributed by atoms with Crippen molar-refractivity contribution < 1.29 is 29.3 Å². The largest absolute Gasteiger partial charge is 0.497 e. The number of unbranched alkanes of at least 4 members (excludes halogenated alkanes) is 1. The molecule has 0 saturated carbocycles. The maximum absolute atomic E-state index is 11.2. The van der Waals surface area contributed by atoms with Gasteiger partial charge in [-0.15, -0.1) is 0 Å². The Balaban J connectivity index is 1.42. The second kappa shape index (κ2) is 15.2. The molecule has 42 heavy (non-hydrogen) atoms. The molecule has 4 aromatic carbocycles. The zero-order valence-electron chi connectivity index (χ0n) is 23.7. The summed E-state index contributed by atoms with van der Waals surface area (Å²) in [5.41, 5.74) is 5.56. The zero-order chi connectivity index (χ0) is 29.7. The number of allylic oxidation sites excluding steroid dienone is 1. The van der Waals surface area contributed by atoms with Crippen LogP contribution >= 0.6 is 0 Å². The van der Waals surface area contributed by atoms with Gasteiger partial charge in [0.05, 0.1) is 12.7 Å². The van der Waals surface area contributed by atoms with Gasteiger partial charge in [0.25, 0.3) is 0 Å². The Hall–Kier alpha value is -4.84. The zero-order valence-corrected chi connectivity index (χ0v) is 23.7. The maximum Gasteiger partial charge on any atom is 0.335 e. The number of carboxylic acids is 2.